The molecule has 0 aliphatic carbocycles. The van der Waals surface area contributed by atoms with Crippen molar-refractivity contribution in [2.45, 2.75) is 25.5 Å². The molecule has 1 aliphatic heterocycles. The standard InChI is InChI=1S/C10H15N3O/c11-8-4-5-12-9(7-8)13-6-2-1-3-10(13)14/h4-5,7,10,14H,1-3,6H2,(H2,11,12). The van der Waals surface area contributed by atoms with Crippen LogP contribution in [0.4, 0.5) is 11.5 Å². The molecule has 1 aromatic rings. The van der Waals surface area contributed by atoms with E-state index < -0.39 is 6.23 Å². The lowest BCUT2D eigenvalue weighted by Gasteiger charge is -2.33. The number of anilines is 2. The van der Waals surface area contributed by atoms with Gasteiger partial charge in [-0.25, -0.2) is 4.98 Å². The summed E-state index contributed by atoms with van der Waals surface area (Å²) in [6.07, 6.45) is 4.27. The predicted octanol–water partition coefficient (Wildman–Crippen LogP) is 0.972. The van der Waals surface area contributed by atoms with Crippen molar-refractivity contribution in [1.82, 2.24) is 4.98 Å². The van der Waals surface area contributed by atoms with Gasteiger partial charge in [0.25, 0.3) is 0 Å². The number of aromatic nitrogens is 1. The van der Waals surface area contributed by atoms with E-state index in [1.807, 2.05) is 4.90 Å². The van der Waals surface area contributed by atoms with Crippen LogP contribution in [0.3, 0.4) is 0 Å². The second kappa shape index (κ2) is 3.84. The van der Waals surface area contributed by atoms with Gasteiger partial charge in [-0.2, -0.15) is 0 Å². The second-order valence-corrected chi connectivity index (χ2v) is 3.62. The summed E-state index contributed by atoms with van der Waals surface area (Å²) in [4.78, 5) is 6.10. The third-order valence-corrected chi connectivity index (χ3v) is 2.53. The fraction of sp³-hybridized carbons (Fsp3) is 0.500. The van der Waals surface area contributed by atoms with Crippen LogP contribution in [-0.4, -0.2) is 22.9 Å². The summed E-state index contributed by atoms with van der Waals surface area (Å²) in [5, 5.41) is 9.76. The zero-order valence-electron chi connectivity index (χ0n) is 8.06. The number of aliphatic hydroxyl groups excluding tert-OH is 1. The van der Waals surface area contributed by atoms with Gasteiger partial charge in [0.1, 0.15) is 12.0 Å². The minimum atomic E-state index is -0.405. The number of hydrogen-bond acceptors (Lipinski definition) is 4. The van der Waals surface area contributed by atoms with Crippen LogP contribution in [0.25, 0.3) is 0 Å². The predicted molar refractivity (Wildman–Crippen MR) is 55.9 cm³/mol. The van der Waals surface area contributed by atoms with Crippen molar-refractivity contribution in [3.63, 3.8) is 0 Å². The average Bonchev–Trinajstić information content (AvgIpc) is 2.18. The third-order valence-electron chi connectivity index (χ3n) is 2.53. The molecule has 1 saturated heterocycles. The third kappa shape index (κ3) is 1.80. The number of nitrogens with zero attached hydrogens (tertiary/aromatic N) is 2. The first kappa shape index (κ1) is 9.27. The van der Waals surface area contributed by atoms with Crippen LogP contribution >= 0.6 is 0 Å². The number of piperidine rings is 1. The average molecular weight is 193 g/mol. The fourth-order valence-electron chi connectivity index (χ4n) is 1.77. The lowest BCUT2D eigenvalue weighted by atomic mass is 10.1. The molecule has 1 aromatic heterocycles. The van der Waals surface area contributed by atoms with E-state index in [0.717, 1.165) is 31.6 Å². The van der Waals surface area contributed by atoms with E-state index >= 15 is 0 Å². The number of hydrogen-bond donors (Lipinski definition) is 2. The molecule has 1 atom stereocenters. The fourth-order valence-corrected chi connectivity index (χ4v) is 1.77. The Hall–Kier alpha value is -1.29. The largest absolute Gasteiger partial charge is 0.399 e. The van der Waals surface area contributed by atoms with Gasteiger partial charge in [0.05, 0.1) is 0 Å². The molecule has 0 spiro atoms. The highest BCUT2D eigenvalue weighted by atomic mass is 16.3. The van der Waals surface area contributed by atoms with Crippen molar-refractivity contribution in [2.24, 2.45) is 0 Å². The van der Waals surface area contributed by atoms with Crippen molar-refractivity contribution in [3.05, 3.63) is 18.3 Å². The molecule has 0 amide bonds. The summed E-state index contributed by atoms with van der Waals surface area (Å²) >= 11 is 0. The summed E-state index contributed by atoms with van der Waals surface area (Å²) in [7, 11) is 0. The van der Waals surface area contributed by atoms with Gasteiger partial charge in [-0.15, -0.1) is 0 Å². The molecule has 4 nitrogen and oxygen atoms in total. The van der Waals surface area contributed by atoms with E-state index in [-0.39, 0.29) is 0 Å². The molecule has 0 bridgehead atoms. The Kier molecular flexibility index (Phi) is 2.54. The van der Waals surface area contributed by atoms with Gasteiger partial charge < -0.3 is 15.7 Å². The number of aliphatic hydroxyl groups is 1. The molecular weight excluding hydrogens is 178 g/mol. The minimum Gasteiger partial charge on any atom is -0.399 e. The Labute approximate surface area is 83.4 Å². The van der Waals surface area contributed by atoms with Crippen LogP contribution in [0.15, 0.2) is 18.3 Å². The molecule has 0 aromatic carbocycles. The number of nitrogen functional groups attached to an aromatic ring is 1. The zero-order chi connectivity index (χ0) is 9.97. The van der Waals surface area contributed by atoms with Gasteiger partial charge in [-0.3, -0.25) is 0 Å². The molecule has 2 heterocycles. The summed E-state index contributed by atoms with van der Waals surface area (Å²) in [6.45, 7) is 0.859. The molecular formula is C10H15N3O. The van der Waals surface area contributed by atoms with Crippen molar-refractivity contribution in [1.29, 1.82) is 0 Å². The monoisotopic (exact) mass is 193 g/mol. The van der Waals surface area contributed by atoms with Gasteiger partial charge in [-0.05, 0) is 25.3 Å². The molecule has 1 fully saturated rings. The van der Waals surface area contributed by atoms with Crippen molar-refractivity contribution in [3.8, 4) is 0 Å². The molecule has 0 saturated carbocycles. The molecule has 76 valence electrons. The Morgan fingerprint density at radius 2 is 2.36 bits per heavy atom. The van der Waals surface area contributed by atoms with Gasteiger partial charge in [0, 0.05) is 24.5 Å². The highest BCUT2D eigenvalue weighted by molar-refractivity contribution is 5.50. The second-order valence-electron chi connectivity index (χ2n) is 3.62. The minimum absolute atomic E-state index is 0.405. The summed E-state index contributed by atoms with van der Waals surface area (Å²) in [6, 6.07) is 3.55. The van der Waals surface area contributed by atoms with Crippen LogP contribution in [-0.2, 0) is 0 Å². The number of pyridine rings is 1. The van der Waals surface area contributed by atoms with Crippen LogP contribution in [0, 0.1) is 0 Å². The topological polar surface area (TPSA) is 62.4 Å². The van der Waals surface area contributed by atoms with Gasteiger partial charge >= 0.3 is 0 Å². The van der Waals surface area contributed by atoms with Gasteiger partial charge in [-0.1, -0.05) is 0 Å². The molecule has 2 rings (SSSR count). The Morgan fingerprint density at radius 3 is 3.07 bits per heavy atom. The summed E-state index contributed by atoms with van der Waals surface area (Å²) in [5.74, 6) is 0.775. The molecule has 4 heteroatoms. The first-order chi connectivity index (χ1) is 6.77. The number of rotatable bonds is 1. The van der Waals surface area contributed by atoms with E-state index in [2.05, 4.69) is 4.98 Å². The van der Waals surface area contributed by atoms with Crippen molar-refractivity contribution in [2.75, 3.05) is 17.2 Å². The molecule has 3 N–H and O–H groups in total. The Bertz CT molecular complexity index is 316. The maximum atomic E-state index is 9.76. The summed E-state index contributed by atoms with van der Waals surface area (Å²) in [5.41, 5.74) is 6.35. The van der Waals surface area contributed by atoms with E-state index in [9.17, 15) is 5.11 Å². The van der Waals surface area contributed by atoms with Crippen molar-refractivity contribution >= 4 is 11.5 Å². The van der Waals surface area contributed by atoms with Crippen LogP contribution < -0.4 is 10.6 Å². The van der Waals surface area contributed by atoms with Gasteiger partial charge in [0.2, 0.25) is 0 Å². The normalized spacial score (nSPS) is 22.4. The quantitative estimate of drug-likeness (QED) is 0.697. The van der Waals surface area contributed by atoms with Crippen LogP contribution in [0.5, 0.6) is 0 Å². The van der Waals surface area contributed by atoms with E-state index in [0.29, 0.717) is 5.69 Å². The molecule has 0 radical (unpaired) electrons. The zero-order valence-corrected chi connectivity index (χ0v) is 8.06. The van der Waals surface area contributed by atoms with E-state index in [1.165, 1.54) is 0 Å². The van der Waals surface area contributed by atoms with Gasteiger partial charge in [0.15, 0.2) is 0 Å². The number of nitrogens with two attached hydrogens (primary N) is 1. The van der Waals surface area contributed by atoms with Crippen molar-refractivity contribution < 1.29 is 5.11 Å². The smallest absolute Gasteiger partial charge is 0.132 e. The Balaban J connectivity index is 2.20. The molecule has 14 heavy (non-hydrogen) atoms. The lowest BCUT2D eigenvalue weighted by Crippen LogP contribution is -2.39. The van der Waals surface area contributed by atoms with E-state index in [4.69, 9.17) is 5.73 Å². The van der Waals surface area contributed by atoms with Crippen LogP contribution in [0.1, 0.15) is 19.3 Å². The maximum absolute atomic E-state index is 9.76. The highest BCUT2D eigenvalue weighted by Gasteiger charge is 2.20. The maximum Gasteiger partial charge on any atom is 0.132 e. The Morgan fingerprint density at radius 1 is 1.50 bits per heavy atom. The molecule has 1 aliphatic rings. The first-order valence-corrected chi connectivity index (χ1v) is 4.93. The molecule has 1 unspecified atom stereocenters. The lowest BCUT2D eigenvalue weighted by molar-refractivity contribution is 0.139. The summed E-state index contributed by atoms with van der Waals surface area (Å²) < 4.78 is 0. The highest BCUT2D eigenvalue weighted by Crippen LogP contribution is 2.22. The van der Waals surface area contributed by atoms with E-state index in [1.54, 1.807) is 18.3 Å². The first-order valence-electron chi connectivity index (χ1n) is 4.93. The SMILES string of the molecule is Nc1ccnc(N2CCCCC2O)c1. The van der Waals surface area contributed by atoms with Crippen LogP contribution in [0.2, 0.25) is 0 Å².